The fourth-order valence-corrected chi connectivity index (χ4v) is 2.75. The highest BCUT2D eigenvalue weighted by Gasteiger charge is 2.20. The number of benzene rings is 1. The van der Waals surface area contributed by atoms with Crippen LogP contribution in [0.4, 0.5) is 5.69 Å². The number of anilines is 1. The molecule has 116 valence electrons. The fraction of sp³-hybridized carbons (Fsp3) is 0.588. The lowest BCUT2D eigenvalue weighted by atomic mass is 9.99. The number of nitrogens with zero attached hydrogens (tertiary/aromatic N) is 1. The second-order valence-electron chi connectivity index (χ2n) is 5.92. The Morgan fingerprint density at radius 1 is 1.43 bits per heavy atom. The molecule has 0 aromatic heterocycles. The molecule has 1 aromatic rings. The molecule has 2 rings (SSSR count). The Balaban J connectivity index is 1.70. The van der Waals surface area contributed by atoms with Crippen molar-refractivity contribution in [1.29, 1.82) is 0 Å². The average Bonchev–Trinajstić information content (AvgIpc) is 2.93. The predicted molar refractivity (Wildman–Crippen MR) is 87.4 cm³/mol. The summed E-state index contributed by atoms with van der Waals surface area (Å²) in [6, 6.07) is 8.17. The summed E-state index contributed by atoms with van der Waals surface area (Å²) in [6.45, 7) is 6.84. The van der Waals surface area contributed by atoms with Gasteiger partial charge in [0.25, 0.3) is 0 Å². The van der Waals surface area contributed by atoms with Crippen molar-refractivity contribution < 1.29 is 4.79 Å². The van der Waals surface area contributed by atoms with Crippen molar-refractivity contribution in [2.75, 3.05) is 24.5 Å². The number of rotatable bonds is 7. The van der Waals surface area contributed by atoms with Gasteiger partial charge < -0.3 is 16.0 Å². The number of fused-ring (bicyclic) bond motifs is 1. The van der Waals surface area contributed by atoms with Crippen LogP contribution in [0.3, 0.4) is 0 Å². The highest BCUT2D eigenvalue weighted by molar-refractivity contribution is 5.81. The zero-order valence-electron chi connectivity index (χ0n) is 13.1. The van der Waals surface area contributed by atoms with Gasteiger partial charge in [-0.2, -0.15) is 0 Å². The van der Waals surface area contributed by atoms with Gasteiger partial charge in [-0.25, -0.2) is 0 Å². The highest BCUT2D eigenvalue weighted by atomic mass is 16.2. The van der Waals surface area contributed by atoms with Crippen molar-refractivity contribution in [3.8, 4) is 0 Å². The van der Waals surface area contributed by atoms with Gasteiger partial charge in [-0.15, -0.1) is 0 Å². The first kappa shape index (κ1) is 15.8. The fourth-order valence-electron chi connectivity index (χ4n) is 2.75. The third kappa shape index (κ3) is 3.97. The lowest BCUT2D eigenvalue weighted by Crippen LogP contribution is -2.45. The molecule has 1 aliphatic heterocycles. The molecule has 2 atom stereocenters. The molecule has 0 saturated heterocycles. The molecule has 4 nitrogen and oxygen atoms in total. The molecule has 1 heterocycles. The molecule has 0 fully saturated rings. The Morgan fingerprint density at radius 2 is 2.19 bits per heavy atom. The van der Waals surface area contributed by atoms with E-state index in [4.69, 9.17) is 5.73 Å². The monoisotopic (exact) mass is 289 g/mol. The number of hydrogen-bond donors (Lipinski definition) is 2. The van der Waals surface area contributed by atoms with Crippen LogP contribution < -0.4 is 16.0 Å². The second-order valence-corrected chi connectivity index (χ2v) is 5.92. The van der Waals surface area contributed by atoms with Crippen molar-refractivity contribution in [3.63, 3.8) is 0 Å². The number of hydrogen-bond acceptors (Lipinski definition) is 3. The first-order chi connectivity index (χ1) is 10.1. The van der Waals surface area contributed by atoms with E-state index in [2.05, 4.69) is 41.4 Å². The van der Waals surface area contributed by atoms with Gasteiger partial charge in [0.1, 0.15) is 0 Å². The van der Waals surface area contributed by atoms with Crippen molar-refractivity contribution in [3.05, 3.63) is 29.8 Å². The number of carbonyl (C=O) groups is 1. The quantitative estimate of drug-likeness (QED) is 0.754. The maximum Gasteiger partial charge on any atom is 0.237 e. The molecule has 1 aliphatic rings. The molecular formula is C17H27N3O. The molecule has 0 unspecified atom stereocenters. The summed E-state index contributed by atoms with van der Waals surface area (Å²) in [7, 11) is 0. The number of nitrogens with two attached hydrogens (primary N) is 1. The molecular weight excluding hydrogens is 262 g/mol. The predicted octanol–water partition coefficient (Wildman–Crippen LogP) is 1.93. The summed E-state index contributed by atoms with van der Waals surface area (Å²) in [4.78, 5) is 14.3. The van der Waals surface area contributed by atoms with E-state index in [-0.39, 0.29) is 17.9 Å². The molecule has 1 aromatic carbocycles. The standard InChI is InChI=1S/C17H27N3O/c1-3-13(2)16(18)17(21)19-10-6-11-20-12-9-14-7-4-5-8-15(14)20/h4-5,7-8,13,16H,3,6,9-12,18H2,1-2H3,(H,19,21)/t13-,16-/m0/s1. The van der Waals surface area contributed by atoms with Crippen LogP contribution in [0.2, 0.25) is 0 Å². The highest BCUT2D eigenvalue weighted by Crippen LogP contribution is 2.27. The zero-order valence-corrected chi connectivity index (χ0v) is 13.1. The molecule has 0 saturated carbocycles. The second kappa shape index (κ2) is 7.46. The van der Waals surface area contributed by atoms with Crippen LogP contribution in [0.25, 0.3) is 0 Å². The van der Waals surface area contributed by atoms with Crippen molar-refractivity contribution in [2.45, 2.75) is 39.2 Å². The van der Waals surface area contributed by atoms with Crippen LogP contribution in [0.15, 0.2) is 24.3 Å². The summed E-state index contributed by atoms with van der Waals surface area (Å²) in [6.07, 6.45) is 3.01. The Morgan fingerprint density at radius 3 is 2.95 bits per heavy atom. The summed E-state index contributed by atoms with van der Waals surface area (Å²) in [5.74, 6) is 0.210. The zero-order chi connectivity index (χ0) is 15.2. The van der Waals surface area contributed by atoms with E-state index in [1.165, 1.54) is 11.3 Å². The van der Waals surface area contributed by atoms with Gasteiger partial charge in [0.15, 0.2) is 0 Å². The maximum absolute atomic E-state index is 11.9. The average molecular weight is 289 g/mol. The molecule has 0 spiro atoms. The summed E-state index contributed by atoms with van der Waals surface area (Å²) < 4.78 is 0. The van der Waals surface area contributed by atoms with Gasteiger partial charge in [-0.1, -0.05) is 38.5 Å². The van der Waals surface area contributed by atoms with E-state index < -0.39 is 0 Å². The molecule has 0 radical (unpaired) electrons. The summed E-state index contributed by atoms with van der Waals surface area (Å²) in [5, 5.41) is 2.95. The molecule has 0 aliphatic carbocycles. The minimum atomic E-state index is -0.387. The van der Waals surface area contributed by atoms with Crippen LogP contribution in [0.1, 0.15) is 32.3 Å². The molecule has 4 heteroatoms. The lowest BCUT2D eigenvalue weighted by Gasteiger charge is -2.20. The van der Waals surface area contributed by atoms with E-state index in [1.54, 1.807) is 0 Å². The van der Waals surface area contributed by atoms with Gasteiger partial charge in [-0.05, 0) is 30.4 Å². The minimum Gasteiger partial charge on any atom is -0.371 e. The van der Waals surface area contributed by atoms with Gasteiger partial charge in [-0.3, -0.25) is 4.79 Å². The number of nitrogens with one attached hydrogen (secondary N) is 1. The summed E-state index contributed by atoms with van der Waals surface area (Å²) >= 11 is 0. The largest absolute Gasteiger partial charge is 0.371 e. The molecule has 21 heavy (non-hydrogen) atoms. The Hall–Kier alpha value is -1.55. The van der Waals surface area contributed by atoms with Crippen LogP contribution in [0.5, 0.6) is 0 Å². The number of carbonyl (C=O) groups excluding carboxylic acids is 1. The third-order valence-corrected chi connectivity index (χ3v) is 4.45. The van der Waals surface area contributed by atoms with Crippen LogP contribution in [-0.2, 0) is 11.2 Å². The van der Waals surface area contributed by atoms with Crippen molar-refractivity contribution in [2.24, 2.45) is 11.7 Å². The smallest absolute Gasteiger partial charge is 0.237 e. The first-order valence-electron chi connectivity index (χ1n) is 7.99. The Labute approximate surface area is 127 Å². The van der Waals surface area contributed by atoms with E-state index in [0.717, 1.165) is 32.4 Å². The van der Waals surface area contributed by atoms with Gasteiger partial charge in [0.05, 0.1) is 6.04 Å². The summed E-state index contributed by atoms with van der Waals surface area (Å²) in [5.41, 5.74) is 8.69. The van der Waals surface area contributed by atoms with E-state index >= 15 is 0 Å². The minimum absolute atomic E-state index is 0.0221. The van der Waals surface area contributed by atoms with Crippen molar-refractivity contribution >= 4 is 11.6 Å². The maximum atomic E-state index is 11.9. The van der Waals surface area contributed by atoms with E-state index in [0.29, 0.717) is 6.54 Å². The van der Waals surface area contributed by atoms with Gasteiger partial charge >= 0.3 is 0 Å². The topological polar surface area (TPSA) is 58.4 Å². The van der Waals surface area contributed by atoms with E-state index in [9.17, 15) is 4.79 Å². The Bertz CT molecular complexity index is 475. The van der Waals surface area contributed by atoms with Crippen LogP contribution in [0, 0.1) is 5.92 Å². The van der Waals surface area contributed by atoms with Crippen LogP contribution in [-0.4, -0.2) is 31.6 Å². The van der Waals surface area contributed by atoms with Gasteiger partial charge in [0.2, 0.25) is 5.91 Å². The van der Waals surface area contributed by atoms with Crippen molar-refractivity contribution in [1.82, 2.24) is 5.32 Å². The van der Waals surface area contributed by atoms with E-state index in [1.807, 2.05) is 6.92 Å². The molecule has 0 bridgehead atoms. The third-order valence-electron chi connectivity index (χ3n) is 4.45. The Kier molecular flexibility index (Phi) is 5.62. The lowest BCUT2D eigenvalue weighted by molar-refractivity contribution is -0.123. The molecule has 1 amide bonds. The number of para-hydroxylation sites is 1. The van der Waals surface area contributed by atoms with Crippen LogP contribution >= 0.6 is 0 Å². The normalized spacial score (nSPS) is 16.4. The number of amides is 1. The SMILES string of the molecule is CC[C@H](C)[C@H](N)C(=O)NCCCN1CCc2ccccc21. The first-order valence-corrected chi connectivity index (χ1v) is 7.99. The van der Waals surface area contributed by atoms with Gasteiger partial charge in [0, 0.05) is 25.3 Å². The molecule has 3 N–H and O–H groups in total.